The molecule has 0 radical (unpaired) electrons. The number of nitrogens with two attached hydrogens (primary N) is 1. The number of nitrogen functional groups attached to an aromatic ring is 1. The molecule has 0 bridgehead atoms. The van der Waals surface area contributed by atoms with Gasteiger partial charge in [-0.15, -0.1) is 0 Å². The predicted molar refractivity (Wildman–Crippen MR) is 75.3 cm³/mol. The molecule has 1 fully saturated rings. The van der Waals surface area contributed by atoms with Gasteiger partial charge in [0.05, 0.1) is 11.4 Å². The van der Waals surface area contributed by atoms with Gasteiger partial charge < -0.3 is 10.6 Å². The number of nitrogens with zero attached hydrogens (tertiary/aromatic N) is 1. The third-order valence-corrected chi connectivity index (χ3v) is 3.57. The molecule has 1 aliphatic carbocycles. The number of hydrogen-bond acceptors (Lipinski definition) is 2. The van der Waals surface area contributed by atoms with E-state index in [1.807, 2.05) is 12.1 Å². The van der Waals surface area contributed by atoms with Gasteiger partial charge in [0.15, 0.2) is 0 Å². The SMILES string of the molecule is CC(C)CN(c1ccccc1N)C1CCCC1. The summed E-state index contributed by atoms with van der Waals surface area (Å²) in [6, 6.07) is 8.98. The molecule has 17 heavy (non-hydrogen) atoms. The second-order valence-corrected chi connectivity index (χ2v) is 5.54. The fourth-order valence-corrected chi connectivity index (χ4v) is 2.80. The Kier molecular flexibility index (Phi) is 3.93. The second-order valence-electron chi connectivity index (χ2n) is 5.54. The maximum Gasteiger partial charge on any atom is 0.0602 e. The van der Waals surface area contributed by atoms with Crippen molar-refractivity contribution in [2.24, 2.45) is 5.92 Å². The molecular weight excluding hydrogens is 208 g/mol. The summed E-state index contributed by atoms with van der Waals surface area (Å²) in [5, 5.41) is 0. The molecule has 0 atom stereocenters. The topological polar surface area (TPSA) is 29.3 Å². The van der Waals surface area contributed by atoms with Crippen LogP contribution >= 0.6 is 0 Å². The molecule has 1 aromatic carbocycles. The van der Waals surface area contributed by atoms with Gasteiger partial charge in [0.25, 0.3) is 0 Å². The molecule has 2 nitrogen and oxygen atoms in total. The molecule has 0 spiro atoms. The Bertz CT molecular complexity index is 354. The molecule has 2 heteroatoms. The lowest BCUT2D eigenvalue weighted by molar-refractivity contribution is 0.536. The maximum atomic E-state index is 6.12. The molecule has 2 rings (SSSR count). The van der Waals surface area contributed by atoms with Crippen molar-refractivity contribution in [1.29, 1.82) is 0 Å². The lowest BCUT2D eigenvalue weighted by Crippen LogP contribution is -2.36. The zero-order valence-corrected chi connectivity index (χ0v) is 11.0. The zero-order valence-electron chi connectivity index (χ0n) is 11.0. The van der Waals surface area contributed by atoms with E-state index >= 15 is 0 Å². The Morgan fingerprint density at radius 1 is 1.24 bits per heavy atom. The van der Waals surface area contributed by atoms with E-state index in [0.29, 0.717) is 12.0 Å². The first-order chi connectivity index (χ1) is 8.18. The average molecular weight is 232 g/mol. The molecule has 0 amide bonds. The molecule has 1 aromatic rings. The fourth-order valence-electron chi connectivity index (χ4n) is 2.80. The number of para-hydroxylation sites is 2. The highest BCUT2D eigenvalue weighted by atomic mass is 15.2. The molecular formula is C15H24N2. The summed E-state index contributed by atoms with van der Waals surface area (Å²) in [4.78, 5) is 2.53. The van der Waals surface area contributed by atoms with Gasteiger partial charge in [-0.25, -0.2) is 0 Å². The smallest absolute Gasteiger partial charge is 0.0602 e. The summed E-state index contributed by atoms with van der Waals surface area (Å²) < 4.78 is 0. The number of benzene rings is 1. The van der Waals surface area contributed by atoms with E-state index in [1.54, 1.807) is 0 Å². The Balaban J connectivity index is 2.22. The zero-order chi connectivity index (χ0) is 12.3. The van der Waals surface area contributed by atoms with Crippen LogP contribution < -0.4 is 10.6 Å². The summed E-state index contributed by atoms with van der Waals surface area (Å²) >= 11 is 0. The van der Waals surface area contributed by atoms with Crippen molar-refractivity contribution >= 4 is 11.4 Å². The van der Waals surface area contributed by atoms with Crippen molar-refractivity contribution in [2.45, 2.75) is 45.6 Å². The minimum absolute atomic E-state index is 0.676. The van der Waals surface area contributed by atoms with E-state index in [9.17, 15) is 0 Å². The van der Waals surface area contributed by atoms with Crippen LogP contribution in [-0.2, 0) is 0 Å². The summed E-state index contributed by atoms with van der Waals surface area (Å²) in [5.41, 5.74) is 8.27. The van der Waals surface area contributed by atoms with Crippen LogP contribution in [0.25, 0.3) is 0 Å². The summed E-state index contributed by atoms with van der Waals surface area (Å²) in [6.45, 7) is 5.67. The largest absolute Gasteiger partial charge is 0.397 e. The highest BCUT2D eigenvalue weighted by Gasteiger charge is 2.24. The van der Waals surface area contributed by atoms with E-state index in [2.05, 4.69) is 30.9 Å². The monoisotopic (exact) mass is 232 g/mol. The minimum Gasteiger partial charge on any atom is -0.397 e. The molecule has 1 saturated carbocycles. The van der Waals surface area contributed by atoms with Gasteiger partial charge in [-0.1, -0.05) is 38.8 Å². The van der Waals surface area contributed by atoms with Crippen molar-refractivity contribution in [3.05, 3.63) is 24.3 Å². The lowest BCUT2D eigenvalue weighted by atomic mass is 10.1. The minimum atomic E-state index is 0.676. The molecule has 0 aromatic heterocycles. The van der Waals surface area contributed by atoms with Gasteiger partial charge in [-0.2, -0.15) is 0 Å². The highest BCUT2D eigenvalue weighted by molar-refractivity contribution is 5.67. The van der Waals surface area contributed by atoms with Crippen molar-refractivity contribution < 1.29 is 0 Å². The fraction of sp³-hybridized carbons (Fsp3) is 0.600. The van der Waals surface area contributed by atoms with Crippen LogP contribution in [0.3, 0.4) is 0 Å². The van der Waals surface area contributed by atoms with Gasteiger partial charge in [0.1, 0.15) is 0 Å². The lowest BCUT2D eigenvalue weighted by Gasteiger charge is -2.33. The predicted octanol–water partition coefficient (Wildman–Crippen LogP) is 3.67. The highest BCUT2D eigenvalue weighted by Crippen LogP contribution is 2.32. The normalized spacial score (nSPS) is 16.6. The molecule has 0 unspecified atom stereocenters. The van der Waals surface area contributed by atoms with E-state index in [0.717, 1.165) is 12.2 Å². The van der Waals surface area contributed by atoms with Crippen LogP contribution in [0.4, 0.5) is 11.4 Å². The van der Waals surface area contributed by atoms with E-state index in [1.165, 1.54) is 31.4 Å². The van der Waals surface area contributed by atoms with Crippen molar-refractivity contribution in [3.63, 3.8) is 0 Å². The first-order valence-corrected chi connectivity index (χ1v) is 6.79. The number of rotatable bonds is 4. The van der Waals surface area contributed by atoms with Gasteiger partial charge in [-0.05, 0) is 30.9 Å². The van der Waals surface area contributed by atoms with Crippen LogP contribution in [-0.4, -0.2) is 12.6 Å². The van der Waals surface area contributed by atoms with Crippen LogP contribution in [0.1, 0.15) is 39.5 Å². The van der Waals surface area contributed by atoms with Crippen LogP contribution in [0.5, 0.6) is 0 Å². The second kappa shape index (κ2) is 5.44. The Morgan fingerprint density at radius 3 is 2.47 bits per heavy atom. The van der Waals surface area contributed by atoms with Crippen molar-refractivity contribution in [1.82, 2.24) is 0 Å². The summed E-state index contributed by atoms with van der Waals surface area (Å²) in [5.74, 6) is 0.676. The molecule has 0 saturated heterocycles. The average Bonchev–Trinajstić information content (AvgIpc) is 2.80. The molecule has 0 heterocycles. The first kappa shape index (κ1) is 12.3. The third-order valence-electron chi connectivity index (χ3n) is 3.57. The Morgan fingerprint density at radius 2 is 1.88 bits per heavy atom. The molecule has 0 aliphatic heterocycles. The Hall–Kier alpha value is -1.18. The number of hydrogen-bond donors (Lipinski definition) is 1. The van der Waals surface area contributed by atoms with E-state index in [4.69, 9.17) is 5.73 Å². The maximum absolute atomic E-state index is 6.12. The van der Waals surface area contributed by atoms with Crippen molar-refractivity contribution in [2.75, 3.05) is 17.2 Å². The van der Waals surface area contributed by atoms with Gasteiger partial charge in [-0.3, -0.25) is 0 Å². The van der Waals surface area contributed by atoms with E-state index < -0.39 is 0 Å². The summed E-state index contributed by atoms with van der Waals surface area (Å²) in [7, 11) is 0. The van der Waals surface area contributed by atoms with Crippen LogP contribution in [0.15, 0.2) is 24.3 Å². The molecule has 2 N–H and O–H groups in total. The summed E-state index contributed by atoms with van der Waals surface area (Å²) in [6.07, 6.45) is 5.38. The quantitative estimate of drug-likeness (QED) is 0.802. The number of anilines is 2. The van der Waals surface area contributed by atoms with Gasteiger partial charge in [0, 0.05) is 12.6 Å². The first-order valence-electron chi connectivity index (χ1n) is 6.79. The third kappa shape index (κ3) is 2.93. The van der Waals surface area contributed by atoms with Crippen LogP contribution in [0, 0.1) is 5.92 Å². The van der Waals surface area contributed by atoms with Crippen molar-refractivity contribution in [3.8, 4) is 0 Å². The van der Waals surface area contributed by atoms with Crippen LogP contribution in [0.2, 0.25) is 0 Å². The standard InChI is InChI=1S/C15H24N2/c1-12(2)11-17(13-7-3-4-8-13)15-10-6-5-9-14(15)16/h5-6,9-10,12-13H,3-4,7-8,11,16H2,1-2H3. The van der Waals surface area contributed by atoms with E-state index in [-0.39, 0.29) is 0 Å². The van der Waals surface area contributed by atoms with Gasteiger partial charge >= 0.3 is 0 Å². The Labute approximate surface area is 105 Å². The molecule has 1 aliphatic rings. The molecule has 94 valence electrons. The van der Waals surface area contributed by atoms with Gasteiger partial charge in [0.2, 0.25) is 0 Å².